The van der Waals surface area contributed by atoms with Gasteiger partial charge in [0.05, 0.1) is 15.7 Å². The number of likely N-dealkylation sites (N-methyl/N-ethyl adjacent to an activating group) is 1. The third-order valence-corrected chi connectivity index (χ3v) is 4.92. The highest BCUT2D eigenvalue weighted by Crippen LogP contribution is 2.36. The van der Waals surface area contributed by atoms with Crippen molar-refractivity contribution in [3.05, 3.63) is 46.6 Å². The van der Waals surface area contributed by atoms with E-state index in [1.54, 1.807) is 19.3 Å². The number of pyridine rings is 1. The van der Waals surface area contributed by atoms with Crippen LogP contribution in [-0.4, -0.2) is 23.7 Å². The summed E-state index contributed by atoms with van der Waals surface area (Å²) in [5.41, 5.74) is 1.11. The molecular formula is C14H9BrN2O2S. The molecular weight excluding hydrogens is 340 g/mol. The van der Waals surface area contributed by atoms with Crippen LogP contribution < -0.4 is 4.90 Å². The van der Waals surface area contributed by atoms with Gasteiger partial charge in [-0.2, -0.15) is 0 Å². The maximum atomic E-state index is 11.7. The van der Waals surface area contributed by atoms with Crippen molar-refractivity contribution in [3.8, 4) is 0 Å². The van der Waals surface area contributed by atoms with E-state index in [0.717, 1.165) is 14.4 Å². The number of hydrogen-bond donors (Lipinski definition) is 0. The van der Waals surface area contributed by atoms with Crippen molar-refractivity contribution in [2.75, 3.05) is 11.9 Å². The van der Waals surface area contributed by atoms with Crippen molar-refractivity contribution < 1.29 is 9.59 Å². The molecule has 4 nitrogen and oxygen atoms in total. The number of amides is 1. The van der Waals surface area contributed by atoms with Gasteiger partial charge in [-0.25, -0.2) is 4.98 Å². The smallest absolute Gasteiger partial charge is 0.299 e. The summed E-state index contributed by atoms with van der Waals surface area (Å²) < 4.78 is 0.908. The molecule has 0 fully saturated rings. The van der Waals surface area contributed by atoms with E-state index in [1.165, 1.54) is 16.7 Å². The number of aromatic nitrogens is 1. The van der Waals surface area contributed by atoms with Gasteiger partial charge in [-0.15, -0.1) is 0 Å². The van der Waals surface area contributed by atoms with E-state index in [2.05, 4.69) is 20.9 Å². The van der Waals surface area contributed by atoms with Gasteiger partial charge < -0.3 is 4.90 Å². The van der Waals surface area contributed by atoms with Crippen LogP contribution in [0.4, 0.5) is 5.69 Å². The lowest BCUT2D eigenvalue weighted by molar-refractivity contribution is -0.114. The number of Topliss-reactive ketones (excluding diaryl/α,β-unsaturated/α-hetero) is 1. The van der Waals surface area contributed by atoms with E-state index >= 15 is 0 Å². The molecule has 0 saturated carbocycles. The number of benzene rings is 1. The molecule has 0 N–H and O–H groups in total. The Morgan fingerprint density at radius 2 is 2.05 bits per heavy atom. The standard InChI is InChI=1S/C14H9BrN2O2S/c1-17-11-7-8(4-5-9(11)12(18)14(17)19)20-13-10(15)3-2-6-16-13/h2-7H,1H3. The number of carbonyl (C=O) groups is 2. The number of anilines is 1. The summed E-state index contributed by atoms with van der Waals surface area (Å²) in [5.74, 6) is -0.931. The van der Waals surface area contributed by atoms with E-state index in [4.69, 9.17) is 0 Å². The van der Waals surface area contributed by atoms with E-state index in [1.807, 2.05) is 24.3 Å². The molecule has 2 heterocycles. The molecule has 1 amide bonds. The second kappa shape index (κ2) is 5.03. The molecule has 20 heavy (non-hydrogen) atoms. The molecule has 1 aromatic heterocycles. The van der Waals surface area contributed by atoms with Crippen molar-refractivity contribution >= 4 is 45.1 Å². The molecule has 0 spiro atoms. The molecule has 3 rings (SSSR count). The molecule has 0 aliphatic carbocycles. The zero-order chi connectivity index (χ0) is 14.3. The average Bonchev–Trinajstić information content (AvgIpc) is 2.66. The van der Waals surface area contributed by atoms with E-state index in [9.17, 15) is 9.59 Å². The maximum absolute atomic E-state index is 11.7. The Balaban J connectivity index is 1.97. The Bertz CT molecular complexity index is 733. The molecule has 0 radical (unpaired) electrons. The average molecular weight is 349 g/mol. The zero-order valence-corrected chi connectivity index (χ0v) is 12.9. The summed E-state index contributed by atoms with van der Waals surface area (Å²) >= 11 is 4.92. The Morgan fingerprint density at radius 1 is 1.25 bits per heavy atom. The summed E-state index contributed by atoms with van der Waals surface area (Å²) in [6.45, 7) is 0. The Kier molecular flexibility index (Phi) is 3.35. The van der Waals surface area contributed by atoms with E-state index in [0.29, 0.717) is 11.3 Å². The van der Waals surface area contributed by atoms with Crippen molar-refractivity contribution in [3.63, 3.8) is 0 Å². The molecule has 0 saturated heterocycles. The first-order valence-electron chi connectivity index (χ1n) is 5.83. The molecule has 100 valence electrons. The van der Waals surface area contributed by atoms with Gasteiger partial charge in [-0.3, -0.25) is 9.59 Å². The van der Waals surface area contributed by atoms with E-state index < -0.39 is 11.7 Å². The SMILES string of the molecule is CN1C(=O)C(=O)c2ccc(Sc3ncccc3Br)cc21. The topological polar surface area (TPSA) is 50.3 Å². The Labute approximate surface area is 128 Å². The van der Waals surface area contributed by atoms with Crippen molar-refractivity contribution in [2.24, 2.45) is 0 Å². The van der Waals surface area contributed by atoms with Crippen LogP contribution in [-0.2, 0) is 4.79 Å². The molecule has 6 heteroatoms. The highest BCUT2D eigenvalue weighted by atomic mass is 79.9. The zero-order valence-electron chi connectivity index (χ0n) is 10.5. The van der Waals surface area contributed by atoms with Crippen LogP contribution in [0.15, 0.2) is 50.9 Å². The minimum Gasteiger partial charge on any atom is -0.308 e. The second-order valence-electron chi connectivity index (χ2n) is 4.26. The molecule has 1 aliphatic heterocycles. The van der Waals surface area contributed by atoms with Crippen molar-refractivity contribution in [1.82, 2.24) is 4.98 Å². The van der Waals surface area contributed by atoms with Crippen LogP contribution in [0.25, 0.3) is 0 Å². The third kappa shape index (κ3) is 2.14. The van der Waals surface area contributed by atoms with Crippen LogP contribution in [0.2, 0.25) is 0 Å². The van der Waals surface area contributed by atoms with Gasteiger partial charge >= 0.3 is 0 Å². The Hall–Kier alpha value is -1.66. The van der Waals surface area contributed by atoms with Gasteiger partial charge in [-0.1, -0.05) is 11.8 Å². The molecule has 1 aromatic carbocycles. The first kappa shape index (κ1) is 13.3. The third-order valence-electron chi connectivity index (χ3n) is 3.01. The van der Waals surface area contributed by atoms with Gasteiger partial charge in [0.1, 0.15) is 5.03 Å². The minimum atomic E-state index is -0.485. The van der Waals surface area contributed by atoms with Crippen LogP contribution in [0.5, 0.6) is 0 Å². The first-order valence-corrected chi connectivity index (χ1v) is 7.43. The number of halogens is 1. The van der Waals surface area contributed by atoms with Crippen LogP contribution in [0.3, 0.4) is 0 Å². The van der Waals surface area contributed by atoms with E-state index in [-0.39, 0.29) is 0 Å². The summed E-state index contributed by atoms with van der Waals surface area (Å²) in [6.07, 6.45) is 1.72. The summed E-state index contributed by atoms with van der Waals surface area (Å²) in [5, 5.41) is 0.839. The fourth-order valence-corrected chi connectivity index (χ4v) is 3.29. The number of rotatable bonds is 2. The number of fused-ring (bicyclic) bond motifs is 1. The van der Waals surface area contributed by atoms with Gasteiger partial charge in [0.2, 0.25) is 0 Å². The molecule has 0 atom stereocenters. The molecule has 2 aromatic rings. The number of nitrogens with zero attached hydrogens (tertiary/aromatic N) is 2. The van der Waals surface area contributed by atoms with Crippen LogP contribution in [0.1, 0.15) is 10.4 Å². The van der Waals surface area contributed by atoms with Gasteiger partial charge in [0.25, 0.3) is 11.7 Å². The number of hydrogen-bond acceptors (Lipinski definition) is 4. The van der Waals surface area contributed by atoms with Gasteiger partial charge in [0.15, 0.2) is 0 Å². The molecule has 1 aliphatic rings. The van der Waals surface area contributed by atoms with Crippen molar-refractivity contribution in [2.45, 2.75) is 9.92 Å². The lowest BCUT2D eigenvalue weighted by Gasteiger charge is -2.10. The lowest BCUT2D eigenvalue weighted by atomic mass is 10.1. The number of ketones is 1. The Morgan fingerprint density at radius 3 is 2.80 bits per heavy atom. The van der Waals surface area contributed by atoms with Crippen LogP contribution in [0, 0.1) is 0 Å². The first-order chi connectivity index (χ1) is 9.58. The number of carbonyl (C=O) groups excluding carboxylic acids is 2. The maximum Gasteiger partial charge on any atom is 0.299 e. The molecule has 0 unspecified atom stereocenters. The summed E-state index contributed by atoms with van der Waals surface area (Å²) in [4.78, 5) is 29.9. The predicted octanol–water partition coefficient (Wildman–Crippen LogP) is 3.15. The van der Waals surface area contributed by atoms with Gasteiger partial charge in [0, 0.05) is 18.1 Å². The van der Waals surface area contributed by atoms with Crippen LogP contribution >= 0.6 is 27.7 Å². The largest absolute Gasteiger partial charge is 0.308 e. The van der Waals surface area contributed by atoms with Crippen molar-refractivity contribution in [1.29, 1.82) is 0 Å². The fourth-order valence-electron chi connectivity index (χ4n) is 1.98. The summed E-state index contributed by atoms with van der Waals surface area (Å²) in [7, 11) is 1.61. The normalized spacial score (nSPS) is 13.8. The predicted molar refractivity (Wildman–Crippen MR) is 80.2 cm³/mol. The highest BCUT2D eigenvalue weighted by molar-refractivity contribution is 9.10. The lowest BCUT2D eigenvalue weighted by Crippen LogP contribution is -2.24. The molecule has 0 bridgehead atoms. The summed E-state index contributed by atoms with van der Waals surface area (Å²) in [6, 6.07) is 9.13. The second-order valence-corrected chi connectivity index (χ2v) is 6.18. The highest BCUT2D eigenvalue weighted by Gasteiger charge is 2.33. The van der Waals surface area contributed by atoms with Gasteiger partial charge in [-0.05, 0) is 46.3 Å². The minimum absolute atomic E-state index is 0.446. The fraction of sp³-hybridized carbons (Fsp3) is 0.0714. The quantitative estimate of drug-likeness (QED) is 0.782. The monoisotopic (exact) mass is 348 g/mol.